The molecule has 5 heteroatoms. The maximum atomic E-state index is 13.5. The highest BCUT2D eigenvalue weighted by molar-refractivity contribution is 6.30. The van der Waals surface area contributed by atoms with E-state index in [0.29, 0.717) is 11.8 Å². The third-order valence-corrected chi connectivity index (χ3v) is 2.73. The average molecular weight is 283 g/mol. The predicted molar refractivity (Wildman–Crippen MR) is 67.5 cm³/mol. The number of hydrogen-bond acceptors (Lipinski definition) is 2. The smallest absolute Gasteiger partial charge is 0.153 e. The first-order valence-corrected chi connectivity index (χ1v) is 5.79. The van der Waals surface area contributed by atoms with Gasteiger partial charge in [0.25, 0.3) is 0 Å². The Balaban J connectivity index is 2.16. The number of hydrogen-bond donors (Lipinski definition) is 0. The standard InChI is InChI=1S/C14H9ClF2O2/c15-11-2-1-9(13(17)6-11)8-19-14-4-3-12(16)5-10(14)7-18/h1-7H,8H2. The number of benzene rings is 2. The Morgan fingerprint density at radius 2 is 1.95 bits per heavy atom. The van der Waals surface area contributed by atoms with E-state index < -0.39 is 11.6 Å². The summed E-state index contributed by atoms with van der Waals surface area (Å²) < 4.78 is 31.7. The van der Waals surface area contributed by atoms with E-state index in [9.17, 15) is 13.6 Å². The molecule has 0 heterocycles. The Morgan fingerprint density at radius 1 is 1.16 bits per heavy atom. The second-order valence-electron chi connectivity index (χ2n) is 3.82. The second-order valence-corrected chi connectivity index (χ2v) is 4.26. The molecule has 0 fully saturated rings. The van der Waals surface area contributed by atoms with Crippen LogP contribution in [0.5, 0.6) is 5.75 Å². The van der Waals surface area contributed by atoms with Crippen LogP contribution in [0.2, 0.25) is 5.02 Å². The van der Waals surface area contributed by atoms with Gasteiger partial charge in [-0.2, -0.15) is 0 Å². The molecular weight excluding hydrogens is 274 g/mol. The van der Waals surface area contributed by atoms with Gasteiger partial charge in [-0.3, -0.25) is 4.79 Å². The molecule has 2 nitrogen and oxygen atoms in total. The van der Waals surface area contributed by atoms with Gasteiger partial charge >= 0.3 is 0 Å². The zero-order chi connectivity index (χ0) is 13.8. The third kappa shape index (κ3) is 3.29. The van der Waals surface area contributed by atoms with Crippen molar-refractivity contribution < 1.29 is 18.3 Å². The summed E-state index contributed by atoms with van der Waals surface area (Å²) in [5.74, 6) is -0.833. The normalized spacial score (nSPS) is 10.3. The van der Waals surface area contributed by atoms with Crippen molar-refractivity contribution >= 4 is 17.9 Å². The number of aldehydes is 1. The van der Waals surface area contributed by atoms with Crippen molar-refractivity contribution in [1.29, 1.82) is 0 Å². The molecule has 0 N–H and O–H groups in total. The minimum absolute atomic E-state index is 0.0739. The van der Waals surface area contributed by atoms with Crippen molar-refractivity contribution in [3.8, 4) is 5.75 Å². The van der Waals surface area contributed by atoms with E-state index >= 15 is 0 Å². The van der Waals surface area contributed by atoms with Crippen LogP contribution in [-0.4, -0.2) is 6.29 Å². The molecule has 0 aliphatic heterocycles. The number of ether oxygens (including phenoxy) is 1. The second kappa shape index (κ2) is 5.80. The van der Waals surface area contributed by atoms with Gasteiger partial charge in [-0.1, -0.05) is 17.7 Å². The molecule has 0 atom stereocenters. The van der Waals surface area contributed by atoms with Gasteiger partial charge in [0, 0.05) is 10.6 Å². The molecule has 19 heavy (non-hydrogen) atoms. The lowest BCUT2D eigenvalue weighted by Gasteiger charge is -2.09. The molecule has 0 aromatic heterocycles. The van der Waals surface area contributed by atoms with Crippen LogP contribution in [0.15, 0.2) is 36.4 Å². The highest BCUT2D eigenvalue weighted by atomic mass is 35.5. The number of halogens is 3. The lowest BCUT2D eigenvalue weighted by Crippen LogP contribution is -2.01. The Morgan fingerprint density at radius 3 is 2.63 bits per heavy atom. The molecule has 2 aromatic carbocycles. The molecule has 0 aliphatic rings. The number of rotatable bonds is 4. The summed E-state index contributed by atoms with van der Waals surface area (Å²) in [6.45, 7) is -0.0739. The van der Waals surface area contributed by atoms with E-state index in [-0.39, 0.29) is 22.9 Å². The van der Waals surface area contributed by atoms with Gasteiger partial charge in [-0.25, -0.2) is 8.78 Å². The number of carbonyl (C=O) groups is 1. The van der Waals surface area contributed by atoms with Crippen molar-refractivity contribution in [2.75, 3.05) is 0 Å². The Hall–Kier alpha value is -1.94. The van der Waals surface area contributed by atoms with Crippen molar-refractivity contribution in [1.82, 2.24) is 0 Å². The molecule has 0 unspecified atom stereocenters. The summed E-state index contributed by atoms with van der Waals surface area (Å²) in [7, 11) is 0. The summed E-state index contributed by atoms with van der Waals surface area (Å²) in [6, 6.07) is 7.75. The largest absolute Gasteiger partial charge is 0.488 e. The zero-order valence-electron chi connectivity index (χ0n) is 9.70. The van der Waals surface area contributed by atoms with E-state index in [2.05, 4.69) is 0 Å². The molecule has 98 valence electrons. The zero-order valence-corrected chi connectivity index (χ0v) is 10.5. The molecule has 0 saturated carbocycles. The fraction of sp³-hybridized carbons (Fsp3) is 0.0714. The van der Waals surface area contributed by atoms with E-state index in [0.717, 1.165) is 6.07 Å². The van der Waals surface area contributed by atoms with Crippen LogP contribution in [0.4, 0.5) is 8.78 Å². The number of carbonyl (C=O) groups excluding carboxylic acids is 1. The van der Waals surface area contributed by atoms with Crippen LogP contribution in [0.25, 0.3) is 0 Å². The van der Waals surface area contributed by atoms with Crippen molar-refractivity contribution in [3.63, 3.8) is 0 Å². The van der Waals surface area contributed by atoms with Crippen molar-refractivity contribution in [2.45, 2.75) is 6.61 Å². The quantitative estimate of drug-likeness (QED) is 0.792. The van der Waals surface area contributed by atoms with Gasteiger partial charge in [-0.15, -0.1) is 0 Å². The maximum Gasteiger partial charge on any atom is 0.153 e. The van der Waals surface area contributed by atoms with Crippen LogP contribution in [0.1, 0.15) is 15.9 Å². The minimum atomic E-state index is -0.535. The molecule has 2 aromatic rings. The van der Waals surface area contributed by atoms with E-state index in [4.69, 9.17) is 16.3 Å². The van der Waals surface area contributed by atoms with Gasteiger partial charge < -0.3 is 4.74 Å². The van der Waals surface area contributed by atoms with E-state index in [1.165, 1.54) is 30.3 Å². The first-order valence-electron chi connectivity index (χ1n) is 5.41. The highest BCUT2D eigenvalue weighted by Crippen LogP contribution is 2.21. The fourth-order valence-electron chi connectivity index (χ4n) is 1.54. The van der Waals surface area contributed by atoms with Crippen LogP contribution in [0.3, 0.4) is 0 Å². The molecule has 0 bridgehead atoms. The van der Waals surface area contributed by atoms with Gasteiger partial charge in [0.15, 0.2) is 6.29 Å². The third-order valence-electron chi connectivity index (χ3n) is 2.50. The average Bonchev–Trinajstić information content (AvgIpc) is 2.39. The summed E-state index contributed by atoms with van der Waals surface area (Å²) in [5, 5.41) is 0.289. The predicted octanol–water partition coefficient (Wildman–Crippen LogP) is 4.01. The Kier molecular flexibility index (Phi) is 4.12. The SMILES string of the molecule is O=Cc1cc(F)ccc1OCc1ccc(Cl)cc1F. The topological polar surface area (TPSA) is 26.3 Å². The minimum Gasteiger partial charge on any atom is -0.488 e. The molecule has 0 saturated heterocycles. The Bertz CT molecular complexity index is 614. The summed E-state index contributed by atoms with van der Waals surface area (Å²) >= 11 is 5.63. The summed E-state index contributed by atoms with van der Waals surface area (Å²) in [4.78, 5) is 10.8. The first kappa shape index (κ1) is 13.5. The van der Waals surface area contributed by atoms with Crippen LogP contribution < -0.4 is 4.74 Å². The molecule has 0 amide bonds. The molecular formula is C14H9ClF2O2. The van der Waals surface area contributed by atoms with Crippen molar-refractivity contribution in [3.05, 3.63) is 64.2 Å². The van der Waals surface area contributed by atoms with Crippen LogP contribution in [-0.2, 0) is 6.61 Å². The van der Waals surface area contributed by atoms with E-state index in [1.807, 2.05) is 0 Å². The highest BCUT2D eigenvalue weighted by Gasteiger charge is 2.07. The monoisotopic (exact) mass is 282 g/mol. The maximum absolute atomic E-state index is 13.5. The molecule has 0 radical (unpaired) electrons. The Labute approximate surface area is 113 Å². The van der Waals surface area contributed by atoms with Crippen molar-refractivity contribution in [2.24, 2.45) is 0 Å². The lowest BCUT2D eigenvalue weighted by atomic mass is 10.2. The first-order chi connectivity index (χ1) is 9.10. The van der Waals surface area contributed by atoms with Gasteiger partial charge in [0.1, 0.15) is 24.0 Å². The van der Waals surface area contributed by atoms with Crippen LogP contribution in [0, 0.1) is 11.6 Å². The molecule has 0 spiro atoms. The van der Waals surface area contributed by atoms with Gasteiger partial charge in [-0.05, 0) is 30.3 Å². The van der Waals surface area contributed by atoms with Crippen LogP contribution >= 0.6 is 11.6 Å². The molecule has 2 rings (SSSR count). The summed E-state index contributed by atoms with van der Waals surface area (Å²) in [5.41, 5.74) is 0.375. The fourth-order valence-corrected chi connectivity index (χ4v) is 1.70. The summed E-state index contributed by atoms with van der Waals surface area (Å²) in [6.07, 6.45) is 0.483. The van der Waals surface area contributed by atoms with E-state index in [1.54, 1.807) is 0 Å². The lowest BCUT2D eigenvalue weighted by molar-refractivity contribution is 0.111. The van der Waals surface area contributed by atoms with Gasteiger partial charge in [0.2, 0.25) is 0 Å². The molecule has 0 aliphatic carbocycles. The van der Waals surface area contributed by atoms with Gasteiger partial charge in [0.05, 0.1) is 5.56 Å².